The van der Waals surface area contributed by atoms with Crippen LogP contribution in [-0.2, 0) is 11.2 Å². The summed E-state index contributed by atoms with van der Waals surface area (Å²) in [6, 6.07) is 10.1. The van der Waals surface area contributed by atoms with Crippen LogP contribution >= 0.6 is 11.3 Å². The summed E-state index contributed by atoms with van der Waals surface area (Å²) in [6.07, 6.45) is 1.52. The molecule has 3 rings (SSSR count). The van der Waals surface area contributed by atoms with Gasteiger partial charge in [-0.25, -0.2) is 4.98 Å². The molecule has 1 heterocycles. The molecule has 0 aliphatic heterocycles. The fraction of sp³-hybridized carbons (Fsp3) is 0.375. The minimum absolute atomic E-state index is 0.219. The van der Waals surface area contributed by atoms with Crippen molar-refractivity contribution >= 4 is 17.1 Å². The minimum Gasteiger partial charge on any atom is -0.299 e. The van der Waals surface area contributed by atoms with Crippen LogP contribution in [0.2, 0.25) is 0 Å². The molecular weight excluding hydrogens is 254 g/mol. The molecule has 0 radical (unpaired) electrons. The van der Waals surface area contributed by atoms with Gasteiger partial charge in [-0.15, -0.1) is 11.3 Å². The highest BCUT2D eigenvalue weighted by molar-refractivity contribution is 7.10. The molecule has 0 saturated heterocycles. The number of carbonyl (C=O) groups excluding carboxylic acids is 1. The van der Waals surface area contributed by atoms with E-state index in [1.54, 1.807) is 11.3 Å². The Kier molecular flexibility index (Phi) is 3.02. The first-order valence-corrected chi connectivity index (χ1v) is 7.47. The Balaban J connectivity index is 1.71. The molecule has 1 aliphatic rings. The maximum atomic E-state index is 12.1. The van der Waals surface area contributed by atoms with Crippen molar-refractivity contribution in [3.05, 3.63) is 40.7 Å². The van der Waals surface area contributed by atoms with Crippen LogP contribution in [0.3, 0.4) is 0 Å². The molecule has 0 bridgehead atoms. The van der Waals surface area contributed by atoms with E-state index in [1.165, 1.54) is 0 Å². The molecule has 2 nitrogen and oxygen atoms in total. The van der Waals surface area contributed by atoms with Gasteiger partial charge >= 0.3 is 0 Å². The minimum atomic E-state index is 0.219. The SMILES string of the molecule is CC1(C)CC1C(=O)Cc1nc(-c2ccccc2)cs1. The molecule has 1 aromatic heterocycles. The zero-order valence-corrected chi connectivity index (χ0v) is 12.0. The summed E-state index contributed by atoms with van der Waals surface area (Å²) < 4.78 is 0. The van der Waals surface area contributed by atoms with Gasteiger partial charge in [0.15, 0.2) is 0 Å². The number of thiazole rings is 1. The highest BCUT2D eigenvalue weighted by Crippen LogP contribution is 2.52. The van der Waals surface area contributed by atoms with Crippen LogP contribution in [-0.4, -0.2) is 10.8 Å². The number of aromatic nitrogens is 1. The monoisotopic (exact) mass is 271 g/mol. The first-order valence-electron chi connectivity index (χ1n) is 6.59. The van der Waals surface area contributed by atoms with Gasteiger partial charge in [0, 0.05) is 16.9 Å². The van der Waals surface area contributed by atoms with Gasteiger partial charge < -0.3 is 0 Å². The lowest BCUT2D eigenvalue weighted by Gasteiger charge is -2.00. The maximum absolute atomic E-state index is 12.1. The lowest BCUT2D eigenvalue weighted by Crippen LogP contribution is -2.08. The molecule has 2 aromatic rings. The maximum Gasteiger partial charge on any atom is 0.143 e. The van der Waals surface area contributed by atoms with E-state index in [4.69, 9.17) is 0 Å². The van der Waals surface area contributed by atoms with E-state index >= 15 is 0 Å². The van der Waals surface area contributed by atoms with Crippen LogP contribution in [0.15, 0.2) is 35.7 Å². The summed E-state index contributed by atoms with van der Waals surface area (Å²) >= 11 is 1.59. The topological polar surface area (TPSA) is 30.0 Å². The third-order valence-corrected chi connectivity index (χ3v) is 4.70. The molecule has 0 spiro atoms. The Bertz CT molecular complexity index is 600. The average molecular weight is 271 g/mol. The van der Waals surface area contributed by atoms with Crippen molar-refractivity contribution in [1.82, 2.24) is 4.98 Å². The van der Waals surface area contributed by atoms with E-state index in [2.05, 4.69) is 18.8 Å². The first-order chi connectivity index (χ1) is 9.06. The Morgan fingerprint density at radius 2 is 2.05 bits per heavy atom. The second-order valence-corrected chi connectivity index (χ2v) is 6.82. The predicted octanol–water partition coefficient (Wildman–Crippen LogP) is 3.97. The summed E-state index contributed by atoms with van der Waals surface area (Å²) in [6.45, 7) is 4.32. The van der Waals surface area contributed by atoms with Crippen LogP contribution in [0, 0.1) is 11.3 Å². The predicted molar refractivity (Wildman–Crippen MR) is 78.1 cm³/mol. The van der Waals surface area contributed by atoms with Gasteiger partial charge in [0.2, 0.25) is 0 Å². The molecule has 1 atom stereocenters. The standard InChI is InChI=1S/C16H17NOS/c1-16(2)9-12(16)14(18)8-15-17-13(10-19-15)11-6-4-3-5-7-11/h3-7,10,12H,8-9H2,1-2H3. The van der Waals surface area contributed by atoms with Crippen LogP contribution in [0.5, 0.6) is 0 Å². The van der Waals surface area contributed by atoms with Crippen molar-refractivity contribution in [2.45, 2.75) is 26.7 Å². The lowest BCUT2D eigenvalue weighted by atomic mass is 10.1. The van der Waals surface area contributed by atoms with Gasteiger partial charge in [0.1, 0.15) is 10.8 Å². The summed E-state index contributed by atoms with van der Waals surface area (Å²) in [7, 11) is 0. The number of ketones is 1. The molecule has 1 saturated carbocycles. The number of hydrogen-bond donors (Lipinski definition) is 0. The molecule has 1 fully saturated rings. The zero-order chi connectivity index (χ0) is 13.5. The van der Waals surface area contributed by atoms with Crippen LogP contribution in [0.1, 0.15) is 25.3 Å². The van der Waals surface area contributed by atoms with E-state index in [0.717, 1.165) is 22.7 Å². The molecular formula is C16H17NOS. The van der Waals surface area contributed by atoms with Crippen molar-refractivity contribution < 1.29 is 4.79 Å². The van der Waals surface area contributed by atoms with Crippen molar-refractivity contribution in [2.24, 2.45) is 11.3 Å². The number of Topliss-reactive ketones (excluding diaryl/α,β-unsaturated/α-hetero) is 1. The average Bonchev–Trinajstić information content (AvgIpc) is 2.84. The number of nitrogens with zero attached hydrogens (tertiary/aromatic N) is 1. The quantitative estimate of drug-likeness (QED) is 0.842. The normalized spacial score (nSPS) is 20.2. The smallest absolute Gasteiger partial charge is 0.143 e. The largest absolute Gasteiger partial charge is 0.299 e. The fourth-order valence-corrected chi connectivity index (χ4v) is 3.24. The van der Waals surface area contributed by atoms with Crippen molar-refractivity contribution in [2.75, 3.05) is 0 Å². The van der Waals surface area contributed by atoms with Crippen LogP contribution < -0.4 is 0 Å². The van der Waals surface area contributed by atoms with Gasteiger partial charge in [-0.2, -0.15) is 0 Å². The van der Waals surface area contributed by atoms with Gasteiger partial charge in [0.05, 0.1) is 12.1 Å². The van der Waals surface area contributed by atoms with Gasteiger partial charge in [-0.3, -0.25) is 4.79 Å². The summed E-state index contributed by atoms with van der Waals surface area (Å²) in [5.41, 5.74) is 2.31. The van der Waals surface area contributed by atoms with Crippen LogP contribution in [0.25, 0.3) is 11.3 Å². The van der Waals surface area contributed by atoms with Gasteiger partial charge in [0.25, 0.3) is 0 Å². The highest BCUT2D eigenvalue weighted by atomic mass is 32.1. The van der Waals surface area contributed by atoms with Gasteiger partial charge in [-0.05, 0) is 11.8 Å². The van der Waals surface area contributed by atoms with Gasteiger partial charge in [-0.1, -0.05) is 44.2 Å². The molecule has 1 unspecified atom stereocenters. The highest BCUT2D eigenvalue weighted by Gasteiger charge is 2.49. The van der Waals surface area contributed by atoms with Crippen molar-refractivity contribution in [3.63, 3.8) is 0 Å². The van der Waals surface area contributed by atoms with Crippen molar-refractivity contribution in [1.29, 1.82) is 0 Å². The first kappa shape index (κ1) is 12.5. The Morgan fingerprint density at radius 3 is 2.68 bits per heavy atom. The Hall–Kier alpha value is -1.48. The number of carbonyl (C=O) groups is 1. The zero-order valence-electron chi connectivity index (χ0n) is 11.2. The summed E-state index contributed by atoms with van der Waals surface area (Å²) in [5.74, 6) is 0.593. The van der Waals surface area contributed by atoms with E-state index in [9.17, 15) is 4.79 Å². The second kappa shape index (κ2) is 4.57. The van der Waals surface area contributed by atoms with E-state index in [1.807, 2.05) is 35.7 Å². The summed E-state index contributed by atoms with van der Waals surface area (Å²) in [5, 5.41) is 2.97. The molecule has 1 aliphatic carbocycles. The lowest BCUT2D eigenvalue weighted by molar-refractivity contribution is -0.120. The molecule has 0 N–H and O–H groups in total. The van der Waals surface area contributed by atoms with E-state index in [0.29, 0.717) is 12.2 Å². The molecule has 1 aromatic carbocycles. The number of rotatable bonds is 4. The molecule has 19 heavy (non-hydrogen) atoms. The number of benzene rings is 1. The third-order valence-electron chi connectivity index (χ3n) is 3.85. The summed E-state index contributed by atoms with van der Waals surface area (Å²) in [4.78, 5) is 16.7. The van der Waals surface area contributed by atoms with E-state index in [-0.39, 0.29) is 11.3 Å². The fourth-order valence-electron chi connectivity index (χ4n) is 2.42. The second-order valence-electron chi connectivity index (χ2n) is 5.88. The third kappa shape index (κ3) is 2.61. The van der Waals surface area contributed by atoms with Crippen LogP contribution in [0.4, 0.5) is 0 Å². The Morgan fingerprint density at radius 1 is 1.37 bits per heavy atom. The Labute approximate surface area is 117 Å². The molecule has 0 amide bonds. The molecule has 98 valence electrons. The van der Waals surface area contributed by atoms with Crippen molar-refractivity contribution in [3.8, 4) is 11.3 Å². The number of hydrogen-bond acceptors (Lipinski definition) is 3. The molecule has 3 heteroatoms. The van der Waals surface area contributed by atoms with E-state index < -0.39 is 0 Å².